The number of nitrogens with zero attached hydrogens (tertiary/aromatic N) is 1. The van der Waals surface area contributed by atoms with Gasteiger partial charge in [-0.2, -0.15) is 0 Å². The molecule has 0 saturated heterocycles. The van der Waals surface area contributed by atoms with Crippen LogP contribution in [0.15, 0.2) is 28.9 Å². The molecule has 8 heteroatoms. The molecule has 122 valence electrons. The van der Waals surface area contributed by atoms with Crippen LogP contribution in [0, 0.1) is 11.6 Å². The molecule has 0 fully saturated rings. The molecule has 2 rings (SSSR count). The van der Waals surface area contributed by atoms with Crippen LogP contribution in [0.2, 0.25) is 0 Å². The monoisotopic (exact) mass is 324 g/mol. The predicted octanol–water partition coefficient (Wildman–Crippen LogP) is 2.60. The molecule has 0 aliphatic rings. The van der Waals surface area contributed by atoms with Crippen molar-refractivity contribution in [3.8, 4) is 11.5 Å². The Kier molecular flexibility index (Phi) is 5.40. The number of hydrogen-bond acceptors (Lipinski definition) is 4. The first-order chi connectivity index (χ1) is 11.0. The Balaban J connectivity index is 1.96. The van der Waals surface area contributed by atoms with Gasteiger partial charge in [-0.3, -0.25) is 9.59 Å². The average Bonchev–Trinajstić information content (AvgIpc) is 2.96. The number of rotatable bonds is 7. The fraction of sp³-hybridized carbons (Fsp3) is 0.267. The molecule has 0 saturated carbocycles. The zero-order valence-electron chi connectivity index (χ0n) is 12.0. The summed E-state index contributed by atoms with van der Waals surface area (Å²) in [5.74, 6) is -3.46. The third-order valence-corrected chi connectivity index (χ3v) is 3.02. The third-order valence-electron chi connectivity index (χ3n) is 3.02. The number of carbonyl (C=O) groups excluding carboxylic acids is 1. The van der Waals surface area contributed by atoms with E-state index in [4.69, 9.17) is 9.52 Å². The van der Waals surface area contributed by atoms with E-state index >= 15 is 0 Å². The molecule has 1 aromatic carbocycles. The van der Waals surface area contributed by atoms with E-state index < -0.39 is 29.1 Å². The lowest BCUT2D eigenvalue weighted by Crippen LogP contribution is -2.24. The summed E-state index contributed by atoms with van der Waals surface area (Å²) >= 11 is 0. The number of amides is 1. The molecule has 2 aromatic rings. The molecule has 1 aromatic heterocycles. The van der Waals surface area contributed by atoms with Crippen molar-refractivity contribution in [3.63, 3.8) is 0 Å². The number of carboxylic acids is 1. The summed E-state index contributed by atoms with van der Waals surface area (Å²) < 4.78 is 32.2. The highest BCUT2D eigenvalue weighted by molar-refractivity contribution is 5.92. The van der Waals surface area contributed by atoms with Crippen molar-refractivity contribution < 1.29 is 27.9 Å². The highest BCUT2D eigenvalue weighted by Crippen LogP contribution is 2.25. The maximum Gasteiger partial charge on any atom is 0.303 e. The molecule has 23 heavy (non-hydrogen) atoms. The van der Waals surface area contributed by atoms with E-state index in [0.717, 1.165) is 18.4 Å². The number of aliphatic carboxylic acids is 1. The number of halogens is 2. The number of unbranched alkanes of at least 4 members (excludes halogenated alkanes) is 1. The van der Waals surface area contributed by atoms with Gasteiger partial charge < -0.3 is 14.8 Å². The molecular formula is C15H14F2N2O4. The van der Waals surface area contributed by atoms with Gasteiger partial charge in [-0.15, -0.1) is 0 Å². The number of nitrogens with one attached hydrogen (secondary N) is 1. The molecule has 2 N–H and O–H groups in total. The van der Waals surface area contributed by atoms with Gasteiger partial charge in [-0.1, -0.05) is 6.07 Å². The zero-order valence-corrected chi connectivity index (χ0v) is 12.0. The van der Waals surface area contributed by atoms with Gasteiger partial charge in [0.05, 0.1) is 0 Å². The first kappa shape index (κ1) is 16.6. The van der Waals surface area contributed by atoms with Crippen molar-refractivity contribution in [1.82, 2.24) is 10.3 Å². The largest absolute Gasteiger partial charge is 0.481 e. The van der Waals surface area contributed by atoms with Crippen LogP contribution >= 0.6 is 0 Å². The van der Waals surface area contributed by atoms with Gasteiger partial charge in [-0.05, 0) is 25.0 Å². The maximum absolute atomic E-state index is 13.6. The lowest BCUT2D eigenvalue weighted by Gasteiger charge is -2.01. The fourth-order valence-corrected chi connectivity index (χ4v) is 1.89. The fourth-order valence-electron chi connectivity index (χ4n) is 1.89. The number of hydrogen-bond donors (Lipinski definition) is 2. The van der Waals surface area contributed by atoms with Gasteiger partial charge in [0.15, 0.2) is 5.69 Å². The Morgan fingerprint density at radius 2 is 1.91 bits per heavy atom. The molecule has 0 aliphatic carbocycles. The summed E-state index contributed by atoms with van der Waals surface area (Å²) in [5, 5.41) is 11.0. The van der Waals surface area contributed by atoms with Gasteiger partial charge >= 0.3 is 5.97 Å². The number of benzene rings is 1. The van der Waals surface area contributed by atoms with Crippen LogP contribution in [-0.4, -0.2) is 28.5 Å². The predicted molar refractivity (Wildman–Crippen MR) is 75.7 cm³/mol. The van der Waals surface area contributed by atoms with Crippen LogP contribution in [0.5, 0.6) is 0 Å². The van der Waals surface area contributed by atoms with E-state index in [-0.39, 0.29) is 24.6 Å². The minimum atomic E-state index is -0.899. The molecule has 0 unspecified atom stereocenters. The second-order valence-corrected chi connectivity index (χ2v) is 4.74. The molecule has 0 atom stereocenters. The van der Waals surface area contributed by atoms with Crippen LogP contribution < -0.4 is 5.32 Å². The highest BCUT2D eigenvalue weighted by atomic mass is 19.1. The van der Waals surface area contributed by atoms with Crippen molar-refractivity contribution in [2.24, 2.45) is 0 Å². The maximum atomic E-state index is 13.6. The number of aromatic nitrogens is 1. The van der Waals surface area contributed by atoms with Crippen molar-refractivity contribution in [2.75, 3.05) is 6.54 Å². The lowest BCUT2D eigenvalue weighted by atomic mass is 10.2. The minimum Gasteiger partial charge on any atom is -0.481 e. The molecule has 0 aliphatic heterocycles. The molecule has 1 amide bonds. The van der Waals surface area contributed by atoms with Crippen LogP contribution in [0.3, 0.4) is 0 Å². The van der Waals surface area contributed by atoms with Crippen molar-refractivity contribution >= 4 is 11.9 Å². The molecule has 6 nitrogen and oxygen atoms in total. The quantitative estimate of drug-likeness (QED) is 0.764. The van der Waals surface area contributed by atoms with Crippen molar-refractivity contribution in [1.29, 1.82) is 0 Å². The van der Waals surface area contributed by atoms with Gasteiger partial charge in [0.1, 0.15) is 23.5 Å². The molecule has 0 spiro atoms. The molecule has 0 bridgehead atoms. The Labute approximate surface area is 130 Å². The first-order valence-electron chi connectivity index (χ1n) is 6.89. The van der Waals surface area contributed by atoms with Crippen molar-refractivity contribution in [2.45, 2.75) is 19.3 Å². The van der Waals surface area contributed by atoms with Crippen LogP contribution in [0.4, 0.5) is 8.78 Å². The summed E-state index contributed by atoms with van der Waals surface area (Å²) in [6, 6.07) is 3.33. The highest BCUT2D eigenvalue weighted by Gasteiger charge is 2.19. The second kappa shape index (κ2) is 7.48. The summed E-state index contributed by atoms with van der Waals surface area (Å²) in [7, 11) is 0. The topological polar surface area (TPSA) is 92.4 Å². The van der Waals surface area contributed by atoms with E-state index in [9.17, 15) is 18.4 Å². The minimum absolute atomic E-state index is 0.0243. The van der Waals surface area contributed by atoms with E-state index in [1.54, 1.807) is 0 Å². The standard InChI is InChI=1S/C15H14F2N2O4/c16-9-4-3-5-10(17)13(9)15-19-11(8-23-15)14(22)18-7-2-1-6-12(20)21/h3-5,8H,1-2,6-7H2,(H,18,22)(H,20,21). The van der Waals surface area contributed by atoms with Gasteiger partial charge in [0, 0.05) is 13.0 Å². The van der Waals surface area contributed by atoms with Crippen LogP contribution in [0.1, 0.15) is 29.8 Å². The van der Waals surface area contributed by atoms with Crippen molar-refractivity contribution in [3.05, 3.63) is 41.8 Å². The van der Waals surface area contributed by atoms with E-state index in [1.807, 2.05) is 0 Å². The van der Waals surface area contributed by atoms with Crippen LogP contribution in [0.25, 0.3) is 11.5 Å². The lowest BCUT2D eigenvalue weighted by molar-refractivity contribution is -0.137. The summed E-state index contributed by atoms with van der Waals surface area (Å²) in [6.45, 7) is 0.266. The first-order valence-corrected chi connectivity index (χ1v) is 6.89. The molecular weight excluding hydrogens is 310 g/mol. The van der Waals surface area contributed by atoms with E-state index in [0.29, 0.717) is 12.8 Å². The SMILES string of the molecule is O=C(O)CCCCNC(=O)c1coc(-c2c(F)cccc2F)n1. The Morgan fingerprint density at radius 1 is 1.22 bits per heavy atom. The molecule has 1 heterocycles. The van der Waals surface area contributed by atoms with E-state index in [2.05, 4.69) is 10.3 Å². The summed E-state index contributed by atoms with van der Waals surface area (Å²) in [4.78, 5) is 25.9. The van der Waals surface area contributed by atoms with Gasteiger partial charge in [-0.25, -0.2) is 13.8 Å². The van der Waals surface area contributed by atoms with Gasteiger partial charge in [0.25, 0.3) is 5.91 Å². The Hall–Kier alpha value is -2.77. The third kappa shape index (κ3) is 4.35. The van der Waals surface area contributed by atoms with E-state index in [1.165, 1.54) is 6.07 Å². The number of carbonyl (C=O) groups is 2. The smallest absolute Gasteiger partial charge is 0.303 e. The van der Waals surface area contributed by atoms with Crippen LogP contribution in [-0.2, 0) is 4.79 Å². The second-order valence-electron chi connectivity index (χ2n) is 4.74. The Bertz CT molecular complexity index is 695. The Morgan fingerprint density at radius 3 is 2.57 bits per heavy atom. The zero-order chi connectivity index (χ0) is 16.8. The average molecular weight is 324 g/mol. The summed E-state index contributed by atoms with van der Waals surface area (Å²) in [6.07, 6.45) is 1.95. The number of carboxylic acid groups (broad SMARTS) is 1. The molecule has 0 radical (unpaired) electrons. The summed E-state index contributed by atoms with van der Waals surface area (Å²) in [5.41, 5.74) is -0.547. The normalized spacial score (nSPS) is 10.5. The number of oxazole rings is 1. The van der Waals surface area contributed by atoms with Gasteiger partial charge in [0.2, 0.25) is 5.89 Å².